The first-order valence-corrected chi connectivity index (χ1v) is 11.9. The van der Waals surface area contributed by atoms with Crippen LogP contribution < -0.4 is 16.6 Å². The molecule has 0 saturated heterocycles. The molecule has 0 aliphatic carbocycles. The number of rotatable bonds is 10. The summed E-state index contributed by atoms with van der Waals surface area (Å²) in [6, 6.07) is 16.4. The molecule has 9 heteroatoms. The van der Waals surface area contributed by atoms with E-state index in [9.17, 15) is 9.59 Å². The van der Waals surface area contributed by atoms with Gasteiger partial charge in [-0.05, 0) is 69.4 Å². The monoisotopic (exact) mass is 485 g/mol. The second-order valence-electron chi connectivity index (χ2n) is 9.02. The Morgan fingerprint density at radius 3 is 2.64 bits per heavy atom. The van der Waals surface area contributed by atoms with Crippen LogP contribution in [0.15, 0.2) is 65.6 Å². The molecule has 0 fully saturated rings. The SMILES string of the molecule is CN(C)CCCn1nc(-c2ccc(C(=O)NCCc3ccc4[nH]cc(C(=N)N)c4c3)cc2)ccc1=O. The van der Waals surface area contributed by atoms with Crippen LogP contribution in [-0.2, 0) is 13.0 Å². The van der Waals surface area contributed by atoms with Crippen LogP contribution in [0, 0.1) is 5.41 Å². The average molecular weight is 486 g/mol. The molecular formula is C27H31N7O2. The van der Waals surface area contributed by atoms with Crippen molar-refractivity contribution in [3.05, 3.63) is 87.8 Å². The highest BCUT2D eigenvalue weighted by atomic mass is 16.1. The van der Waals surface area contributed by atoms with Crippen LogP contribution in [-0.4, -0.2) is 58.6 Å². The number of H-pyrrole nitrogens is 1. The molecule has 5 N–H and O–H groups in total. The maximum Gasteiger partial charge on any atom is 0.266 e. The zero-order valence-electron chi connectivity index (χ0n) is 20.5. The van der Waals surface area contributed by atoms with Gasteiger partial charge in [0.05, 0.1) is 5.69 Å². The maximum atomic E-state index is 12.6. The van der Waals surface area contributed by atoms with Crippen molar-refractivity contribution in [2.75, 3.05) is 27.2 Å². The van der Waals surface area contributed by atoms with E-state index in [1.165, 1.54) is 10.7 Å². The lowest BCUT2D eigenvalue weighted by atomic mass is 10.1. The van der Waals surface area contributed by atoms with E-state index in [4.69, 9.17) is 11.1 Å². The molecule has 0 atom stereocenters. The van der Waals surface area contributed by atoms with Gasteiger partial charge in [0.1, 0.15) is 5.84 Å². The first-order chi connectivity index (χ1) is 17.3. The number of amidine groups is 1. The number of nitrogens with two attached hydrogens (primary N) is 1. The Kier molecular flexibility index (Phi) is 7.60. The number of aromatic amines is 1. The van der Waals surface area contributed by atoms with Crippen molar-refractivity contribution in [2.24, 2.45) is 5.73 Å². The predicted octanol–water partition coefficient (Wildman–Crippen LogP) is 2.60. The molecule has 9 nitrogen and oxygen atoms in total. The summed E-state index contributed by atoms with van der Waals surface area (Å²) in [6.07, 6.45) is 3.22. The zero-order valence-corrected chi connectivity index (χ0v) is 20.5. The van der Waals surface area contributed by atoms with Gasteiger partial charge in [-0.3, -0.25) is 15.0 Å². The van der Waals surface area contributed by atoms with Crippen molar-refractivity contribution < 1.29 is 4.79 Å². The van der Waals surface area contributed by atoms with Gasteiger partial charge < -0.3 is 20.9 Å². The smallest absolute Gasteiger partial charge is 0.266 e. The van der Waals surface area contributed by atoms with E-state index < -0.39 is 0 Å². The van der Waals surface area contributed by atoms with Crippen LogP contribution in [0.5, 0.6) is 0 Å². The lowest BCUT2D eigenvalue weighted by Crippen LogP contribution is -2.25. The quantitative estimate of drug-likeness (QED) is 0.202. The van der Waals surface area contributed by atoms with Crippen molar-refractivity contribution >= 4 is 22.6 Å². The number of amides is 1. The van der Waals surface area contributed by atoms with Gasteiger partial charge >= 0.3 is 0 Å². The van der Waals surface area contributed by atoms with Gasteiger partial charge in [0.2, 0.25) is 0 Å². The zero-order chi connectivity index (χ0) is 25.7. The number of fused-ring (bicyclic) bond motifs is 1. The Labute approximate surface area is 209 Å². The van der Waals surface area contributed by atoms with Crippen molar-refractivity contribution in [1.29, 1.82) is 5.41 Å². The minimum Gasteiger partial charge on any atom is -0.384 e. The summed E-state index contributed by atoms with van der Waals surface area (Å²) >= 11 is 0. The summed E-state index contributed by atoms with van der Waals surface area (Å²) in [7, 11) is 4.00. The molecule has 0 saturated carbocycles. The molecule has 2 aromatic carbocycles. The van der Waals surface area contributed by atoms with Gasteiger partial charge in [0.25, 0.3) is 11.5 Å². The predicted molar refractivity (Wildman–Crippen MR) is 142 cm³/mol. The number of nitrogens with zero attached hydrogens (tertiary/aromatic N) is 3. The fourth-order valence-corrected chi connectivity index (χ4v) is 4.06. The largest absolute Gasteiger partial charge is 0.384 e. The summed E-state index contributed by atoms with van der Waals surface area (Å²) in [5.41, 5.74) is 10.3. The molecule has 0 unspecified atom stereocenters. The molecule has 1 amide bonds. The number of carbonyl (C=O) groups excluding carboxylic acids is 1. The minimum absolute atomic E-state index is 0.0217. The molecule has 4 rings (SSSR count). The lowest BCUT2D eigenvalue weighted by Gasteiger charge is -2.11. The Bertz CT molecular complexity index is 1430. The molecule has 0 spiro atoms. The summed E-state index contributed by atoms with van der Waals surface area (Å²) in [5.74, 6) is -0.135. The van der Waals surface area contributed by atoms with E-state index >= 15 is 0 Å². The summed E-state index contributed by atoms with van der Waals surface area (Å²) < 4.78 is 1.49. The van der Waals surface area contributed by atoms with E-state index in [1.807, 2.05) is 44.4 Å². The maximum absolute atomic E-state index is 12.6. The van der Waals surface area contributed by atoms with E-state index in [-0.39, 0.29) is 17.3 Å². The third-order valence-electron chi connectivity index (χ3n) is 6.02. The first kappa shape index (κ1) is 24.9. The van der Waals surface area contributed by atoms with Gasteiger partial charge in [0, 0.05) is 52.9 Å². The summed E-state index contributed by atoms with van der Waals surface area (Å²) in [4.78, 5) is 30.0. The molecule has 0 aliphatic rings. The number of nitrogens with one attached hydrogen (secondary N) is 3. The number of hydrogen-bond acceptors (Lipinski definition) is 5. The molecular weight excluding hydrogens is 454 g/mol. The lowest BCUT2D eigenvalue weighted by molar-refractivity contribution is 0.0954. The Balaban J connectivity index is 1.36. The highest BCUT2D eigenvalue weighted by Crippen LogP contribution is 2.20. The second-order valence-corrected chi connectivity index (χ2v) is 9.02. The normalized spacial score (nSPS) is 11.2. The van der Waals surface area contributed by atoms with Crippen molar-refractivity contribution in [3.8, 4) is 11.3 Å². The van der Waals surface area contributed by atoms with Crippen LogP contribution in [0.1, 0.15) is 27.9 Å². The fourth-order valence-electron chi connectivity index (χ4n) is 4.06. The number of benzene rings is 2. The Morgan fingerprint density at radius 1 is 1.14 bits per heavy atom. The Morgan fingerprint density at radius 2 is 1.92 bits per heavy atom. The summed E-state index contributed by atoms with van der Waals surface area (Å²) in [6.45, 7) is 1.91. The topological polar surface area (TPSA) is 133 Å². The molecule has 0 aliphatic heterocycles. The fraction of sp³-hybridized carbons (Fsp3) is 0.259. The van der Waals surface area contributed by atoms with Crippen molar-refractivity contribution in [2.45, 2.75) is 19.4 Å². The van der Waals surface area contributed by atoms with Crippen LogP contribution in [0.3, 0.4) is 0 Å². The van der Waals surface area contributed by atoms with Gasteiger partial charge in [0.15, 0.2) is 0 Å². The van der Waals surface area contributed by atoms with Gasteiger partial charge in [-0.2, -0.15) is 5.10 Å². The van der Waals surface area contributed by atoms with Crippen LogP contribution >= 0.6 is 0 Å². The molecule has 36 heavy (non-hydrogen) atoms. The highest BCUT2D eigenvalue weighted by molar-refractivity contribution is 6.07. The van der Waals surface area contributed by atoms with Crippen LogP contribution in [0.4, 0.5) is 0 Å². The number of nitrogen functional groups attached to an aromatic ring is 1. The molecule has 0 radical (unpaired) electrons. The van der Waals surface area contributed by atoms with E-state index in [2.05, 4.69) is 20.3 Å². The van der Waals surface area contributed by atoms with Crippen LogP contribution in [0.25, 0.3) is 22.2 Å². The average Bonchev–Trinajstić information content (AvgIpc) is 3.29. The minimum atomic E-state index is -0.157. The molecule has 2 heterocycles. The molecule has 2 aromatic heterocycles. The number of hydrogen-bond donors (Lipinski definition) is 4. The number of aromatic nitrogens is 3. The molecule has 186 valence electrons. The van der Waals surface area contributed by atoms with Gasteiger partial charge in [-0.25, -0.2) is 4.68 Å². The van der Waals surface area contributed by atoms with Crippen molar-refractivity contribution in [1.82, 2.24) is 25.0 Å². The standard InChI is InChI=1S/C27H31N7O2/c1-33(2)14-3-15-34-25(35)11-10-23(32-34)19-5-7-20(8-6-19)27(36)30-13-12-18-4-9-24-21(16-18)22(17-31-24)26(28)29/h4-11,16-17,31H,3,12-15H2,1-2H3,(H3,28,29)(H,30,36). The van der Waals surface area contributed by atoms with E-state index in [1.54, 1.807) is 24.4 Å². The molecule has 4 aromatic rings. The number of aryl methyl sites for hydroxylation is 1. The van der Waals surface area contributed by atoms with Gasteiger partial charge in [-0.1, -0.05) is 18.2 Å². The third kappa shape index (κ3) is 5.87. The Hall–Kier alpha value is -4.24. The van der Waals surface area contributed by atoms with Gasteiger partial charge in [-0.15, -0.1) is 0 Å². The van der Waals surface area contributed by atoms with Crippen molar-refractivity contribution in [3.63, 3.8) is 0 Å². The second kappa shape index (κ2) is 11.0. The van der Waals surface area contributed by atoms with E-state index in [0.717, 1.165) is 35.0 Å². The van der Waals surface area contributed by atoms with Crippen LogP contribution in [0.2, 0.25) is 0 Å². The highest BCUT2D eigenvalue weighted by Gasteiger charge is 2.10. The number of carbonyl (C=O) groups is 1. The molecule has 0 bridgehead atoms. The third-order valence-corrected chi connectivity index (χ3v) is 6.02. The summed E-state index contributed by atoms with van der Waals surface area (Å²) in [5, 5.41) is 16.1. The first-order valence-electron chi connectivity index (χ1n) is 11.9. The van der Waals surface area contributed by atoms with E-state index in [0.29, 0.717) is 36.3 Å².